The van der Waals surface area contributed by atoms with Gasteiger partial charge in [0, 0.05) is 42.8 Å². The molecule has 2 heterocycles. The van der Waals surface area contributed by atoms with Crippen LogP contribution in [0.1, 0.15) is 35.3 Å². The maximum absolute atomic E-state index is 13.8. The van der Waals surface area contributed by atoms with Crippen molar-refractivity contribution in [3.05, 3.63) is 46.7 Å². The Bertz CT molecular complexity index is 1170. The summed E-state index contributed by atoms with van der Waals surface area (Å²) in [4.78, 5) is 17.9. The van der Waals surface area contributed by atoms with E-state index in [9.17, 15) is 31.0 Å². The van der Waals surface area contributed by atoms with E-state index in [-0.39, 0.29) is 42.2 Å². The zero-order valence-electron chi connectivity index (χ0n) is 17.3. The van der Waals surface area contributed by atoms with Gasteiger partial charge in [-0.3, -0.25) is 4.79 Å². The number of carbonyl (C=O) groups is 1. The Hall–Kier alpha value is -2.47. The molecular formula is C20H20ClF5N4O2S. The Kier molecular flexibility index (Phi) is 6.90. The summed E-state index contributed by atoms with van der Waals surface area (Å²) in [5, 5.41) is 1.45. The van der Waals surface area contributed by atoms with Crippen molar-refractivity contribution in [2.24, 2.45) is 0 Å². The predicted octanol–water partition coefficient (Wildman–Crippen LogP) is 5.67. The average molecular weight is 511 g/mol. The minimum atomic E-state index is -4.95. The van der Waals surface area contributed by atoms with E-state index in [2.05, 4.69) is 10.3 Å². The number of amides is 1. The molecule has 1 amide bonds. The third kappa shape index (κ3) is 5.91. The van der Waals surface area contributed by atoms with E-state index in [0.29, 0.717) is 0 Å². The minimum absolute atomic E-state index is 0.0586. The van der Waals surface area contributed by atoms with E-state index in [4.69, 9.17) is 16.4 Å². The second-order valence-corrected chi connectivity index (χ2v) is 10.2. The number of rotatable bonds is 4. The number of anilines is 2. The van der Waals surface area contributed by atoms with Gasteiger partial charge >= 0.3 is 6.18 Å². The summed E-state index contributed by atoms with van der Waals surface area (Å²) in [5.74, 6) is -3.95. The summed E-state index contributed by atoms with van der Waals surface area (Å²) in [5.41, 5.74) is -2.05. The van der Waals surface area contributed by atoms with Crippen LogP contribution in [0.25, 0.3) is 0 Å². The number of aromatic nitrogens is 1. The third-order valence-corrected chi connectivity index (χ3v) is 6.62. The van der Waals surface area contributed by atoms with Crippen LogP contribution in [-0.2, 0) is 15.9 Å². The first-order valence-corrected chi connectivity index (χ1v) is 12.1. The summed E-state index contributed by atoms with van der Waals surface area (Å²) in [6, 6.07) is 5.50. The van der Waals surface area contributed by atoms with E-state index in [1.54, 1.807) is 0 Å². The average Bonchev–Trinajstić information content (AvgIpc) is 2.86. The van der Waals surface area contributed by atoms with Gasteiger partial charge in [-0.2, -0.15) is 13.2 Å². The summed E-state index contributed by atoms with van der Waals surface area (Å²) in [6.45, 7) is -0.131. The van der Waals surface area contributed by atoms with Crippen molar-refractivity contribution in [3.8, 4) is 0 Å². The van der Waals surface area contributed by atoms with Crippen molar-refractivity contribution in [1.29, 1.82) is 4.78 Å². The second-order valence-electron chi connectivity index (χ2n) is 7.70. The lowest BCUT2D eigenvalue weighted by Gasteiger charge is -2.26. The minimum Gasteiger partial charge on any atom is -0.369 e. The molecule has 0 radical (unpaired) electrons. The van der Waals surface area contributed by atoms with Crippen molar-refractivity contribution < 1.29 is 31.0 Å². The van der Waals surface area contributed by atoms with Crippen molar-refractivity contribution in [1.82, 2.24) is 4.98 Å². The highest BCUT2D eigenvalue weighted by molar-refractivity contribution is 7.91. The van der Waals surface area contributed by atoms with Crippen molar-refractivity contribution in [2.45, 2.75) is 36.3 Å². The SMILES string of the molecule is C[S@@](=N)(=O)c1cccc(NC(=O)c2c(N3CCCC(F)(F)CC3)cnc(C(F)(F)F)c2Cl)c1. The van der Waals surface area contributed by atoms with Crippen LogP contribution in [0.3, 0.4) is 0 Å². The van der Waals surface area contributed by atoms with Gasteiger partial charge in [0.25, 0.3) is 5.91 Å². The third-order valence-electron chi connectivity index (χ3n) is 5.10. The fourth-order valence-electron chi connectivity index (χ4n) is 3.45. The lowest BCUT2D eigenvalue weighted by atomic mass is 10.1. The van der Waals surface area contributed by atoms with Crippen LogP contribution < -0.4 is 10.2 Å². The number of alkyl halides is 5. The molecule has 0 spiro atoms. The van der Waals surface area contributed by atoms with Crippen LogP contribution in [0.5, 0.6) is 0 Å². The van der Waals surface area contributed by atoms with Crippen molar-refractivity contribution in [2.75, 3.05) is 29.6 Å². The molecule has 13 heteroatoms. The first-order chi connectivity index (χ1) is 15.2. The normalized spacial score (nSPS) is 18.3. The first-order valence-electron chi connectivity index (χ1n) is 9.73. The highest BCUT2D eigenvalue weighted by atomic mass is 35.5. The molecule has 0 aliphatic carbocycles. The Balaban J connectivity index is 2.05. The van der Waals surface area contributed by atoms with Gasteiger partial charge in [0.2, 0.25) is 5.92 Å². The zero-order valence-corrected chi connectivity index (χ0v) is 18.9. The van der Waals surface area contributed by atoms with Crippen LogP contribution in [0.4, 0.5) is 33.3 Å². The molecule has 1 aliphatic heterocycles. The molecule has 1 saturated heterocycles. The number of benzene rings is 1. The summed E-state index contributed by atoms with van der Waals surface area (Å²) in [6.07, 6.45) is -3.83. The number of carbonyl (C=O) groups excluding carboxylic acids is 1. The van der Waals surface area contributed by atoms with Crippen LogP contribution in [0.2, 0.25) is 5.02 Å². The summed E-state index contributed by atoms with van der Waals surface area (Å²) in [7, 11) is -3.12. The van der Waals surface area contributed by atoms with Gasteiger partial charge in [-0.25, -0.2) is 22.8 Å². The lowest BCUT2D eigenvalue weighted by Crippen LogP contribution is -2.29. The highest BCUT2D eigenvalue weighted by Crippen LogP contribution is 2.39. The fraction of sp³-hybridized carbons (Fsp3) is 0.400. The van der Waals surface area contributed by atoms with Gasteiger partial charge in [0.15, 0.2) is 5.69 Å². The van der Waals surface area contributed by atoms with E-state index in [1.165, 1.54) is 35.4 Å². The quantitative estimate of drug-likeness (QED) is 0.519. The summed E-state index contributed by atoms with van der Waals surface area (Å²) < 4.78 is 87.4. The zero-order chi connectivity index (χ0) is 24.6. The lowest BCUT2D eigenvalue weighted by molar-refractivity contribution is -0.141. The molecule has 3 rings (SSSR count). The predicted molar refractivity (Wildman–Crippen MR) is 115 cm³/mol. The van der Waals surface area contributed by atoms with Crippen LogP contribution in [-0.4, -0.2) is 40.4 Å². The van der Waals surface area contributed by atoms with Gasteiger partial charge in [-0.05, 0) is 24.6 Å². The molecule has 33 heavy (non-hydrogen) atoms. The monoisotopic (exact) mass is 510 g/mol. The van der Waals surface area contributed by atoms with Crippen LogP contribution in [0.15, 0.2) is 35.4 Å². The Morgan fingerprint density at radius 1 is 1.27 bits per heavy atom. The Morgan fingerprint density at radius 3 is 2.61 bits per heavy atom. The Labute approximate surface area is 192 Å². The number of hydrogen-bond acceptors (Lipinski definition) is 5. The molecule has 2 aromatic rings. The number of nitrogens with one attached hydrogen (secondary N) is 2. The number of nitrogens with zero attached hydrogens (tertiary/aromatic N) is 2. The number of pyridine rings is 1. The van der Waals surface area contributed by atoms with E-state index in [0.717, 1.165) is 6.20 Å². The standard InChI is InChI=1S/C20H20ClF5N4O2S/c1-33(27,32)13-5-2-4-12(10-13)29-18(31)15-14(11-28-17(16(15)21)20(24,25)26)30-8-3-6-19(22,23)7-9-30/h2,4-5,10-11,27H,3,6-9H2,1H3,(H,29,31)/t33-/m1/s1. The fourth-order valence-corrected chi connectivity index (χ4v) is 4.47. The van der Waals surface area contributed by atoms with Gasteiger partial charge in [-0.15, -0.1) is 0 Å². The number of hydrogen-bond donors (Lipinski definition) is 2. The molecule has 1 aliphatic rings. The van der Waals surface area contributed by atoms with Gasteiger partial charge in [0.05, 0.1) is 32.2 Å². The molecule has 6 nitrogen and oxygen atoms in total. The molecule has 0 unspecified atom stereocenters. The Morgan fingerprint density at radius 2 is 1.97 bits per heavy atom. The molecule has 2 N–H and O–H groups in total. The molecule has 1 aromatic heterocycles. The molecule has 0 saturated carbocycles. The largest absolute Gasteiger partial charge is 0.434 e. The molecular weight excluding hydrogens is 491 g/mol. The molecule has 180 valence electrons. The van der Waals surface area contributed by atoms with E-state index in [1.807, 2.05) is 0 Å². The topological polar surface area (TPSA) is 86.2 Å². The maximum Gasteiger partial charge on any atom is 0.434 e. The van der Waals surface area contributed by atoms with Gasteiger partial charge in [-0.1, -0.05) is 17.7 Å². The van der Waals surface area contributed by atoms with Crippen LogP contribution in [0, 0.1) is 4.78 Å². The highest BCUT2D eigenvalue weighted by Gasteiger charge is 2.39. The maximum atomic E-state index is 13.8. The molecule has 1 fully saturated rings. The van der Waals surface area contributed by atoms with Crippen molar-refractivity contribution in [3.63, 3.8) is 0 Å². The second kappa shape index (κ2) is 9.05. The molecule has 1 aromatic carbocycles. The van der Waals surface area contributed by atoms with Crippen molar-refractivity contribution >= 4 is 38.6 Å². The smallest absolute Gasteiger partial charge is 0.369 e. The van der Waals surface area contributed by atoms with Gasteiger partial charge in [0.1, 0.15) is 0 Å². The van der Waals surface area contributed by atoms with Gasteiger partial charge < -0.3 is 10.2 Å². The molecule has 0 bridgehead atoms. The first kappa shape index (κ1) is 25.2. The van der Waals surface area contributed by atoms with E-state index >= 15 is 0 Å². The van der Waals surface area contributed by atoms with Crippen LogP contribution >= 0.6 is 11.6 Å². The molecule has 1 atom stereocenters. The summed E-state index contributed by atoms with van der Waals surface area (Å²) >= 11 is 5.99. The van der Waals surface area contributed by atoms with E-state index < -0.39 is 50.4 Å². The number of halogens is 6.